The van der Waals surface area contributed by atoms with Crippen LogP contribution in [-0.2, 0) is 11.8 Å². The van der Waals surface area contributed by atoms with Crippen LogP contribution in [0.3, 0.4) is 0 Å². The van der Waals surface area contributed by atoms with Gasteiger partial charge in [-0.05, 0) is 6.92 Å². The number of aryl methyl sites for hydroxylation is 1. The Bertz CT molecular complexity index is 361. The summed E-state index contributed by atoms with van der Waals surface area (Å²) in [4.78, 5) is 17.8. The van der Waals surface area contributed by atoms with E-state index >= 15 is 0 Å². The topological polar surface area (TPSA) is 47.4 Å². The fraction of sp³-hybridized carbons (Fsp3) is 0.600. The molecule has 0 aromatic carbocycles. The second kappa shape index (κ2) is 4.02. The molecule has 1 fully saturated rings. The maximum Gasteiger partial charge on any atom is 0.272 e. The first-order valence-corrected chi connectivity index (χ1v) is 5.05. The van der Waals surface area contributed by atoms with Gasteiger partial charge in [0.2, 0.25) is 0 Å². The van der Waals surface area contributed by atoms with Gasteiger partial charge in [-0.1, -0.05) is 0 Å². The highest BCUT2D eigenvalue weighted by atomic mass is 16.5. The fourth-order valence-electron chi connectivity index (χ4n) is 1.73. The number of carbonyl (C=O) groups is 1. The summed E-state index contributed by atoms with van der Waals surface area (Å²) in [5.41, 5.74) is 0.629. The summed E-state index contributed by atoms with van der Waals surface area (Å²) >= 11 is 0. The second-order valence-corrected chi connectivity index (χ2v) is 3.82. The van der Waals surface area contributed by atoms with Crippen molar-refractivity contribution in [1.29, 1.82) is 0 Å². The maximum atomic E-state index is 12.0. The Morgan fingerprint density at radius 1 is 1.67 bits per heavy atom. The van der Waals surface area contributed by atoms with Gasteiger partial charge < -0.3 is 14.2 Å². The van der Waals surface area contributed by atoms with Crippen LogP contribution in [0, 0.1) is 0 Å². The number of imidazole rings is 1. The lowest BCUT2D eigenvalue weighted by Gasteiger charge is -2.31. The standard InChI is InChI=1S/C10H15N3O2/c1-8-6-13(3-4-15-8)10(14)9-5-11-7-12(9)2/h5,7-8H,3-4,6H2,1-2H3. The predicted molar refractivity (Wildman–Crippen MR) is 54.5 cm³/mol. The molecule has 1 aliphatic heterocycles. The summed E-state index contributed by atoms with van der Waals surface area (Å²) in [6.45, 7) is 3.91. The van der Waals surface area contributed by atoms with Gasteiger partial charge in [0.15, 0.2) is 0 Å². The van der Waals surface area contributed by atoms with E-state index in [0.717, 1.165) is 0 Å². The van der Waals surface area contributed by atoms with Crippen molar-refractivity contribution >= 4 is 5.91 Å². The van der Waals surface area contributed by atoms with Crippen LogP contribution in [0.2, 0.25) is 0 Å². The Hall–Kier alpha value is -1.36. The van der Waals surface area contributed by atoms with Gasteiger partial charge in [-0.25, -0.2) is 4.98 Å². The summed E-state index contributed by atoms with van der Waals surface area (Å²) in [6, 6.07) is 0. The van der Waals surface area contributed by atoms with Gasteiger partial charge in [0.25, 0.3) is 5.91 Å². The molecule has 0 radical (unpaired) electrons. The second-order valence-electron chi connectivity index (χ2n) is 3.82. The van der Waals surface area contributed by atoms with Crippen molar-refractivity contribution in [2.75, 3.05) is 19.7 Å². The molecule has 5 nitrogen and oxygen atoms in total. The van der Waals surface area contributed by atoms with E-state index < -0.39 is 0 Å². The summed E-state index contributed by atoms with van der Waals surface area (Å²) in [5.74, 6) is 0.0325. The minimum Gasteiger partial charge on any atom is -0.375 e. The zero-order valence-electron chi connectivity index (χ0n) is 9.01. The molecule has 0 bridgehead atoms. The van der Waals surface area contributed by atoms with Gasteiger partial charge in [-0.3, -0.25) is 4.79 Å². The van der Waals surface area contributed by atoms with Crippen LogP contribution < -0.4 is 0 Å². The number of amides is 1. The number of rotatable bonds is 1. The van der Waals surface area contributed by atoms with E-state index in [1.165, 1.54) is 0 Å². The van der Waals surface area contributed by atoms with Crippen molar-refractivity contribution in [3.63, 3.8) is 0 Å². The Balaban J connectivity index is 2.11. The Kier molecular flexibility index (Phi) is 2.73. The highest BCUT2D eigenvalue weighted by Crippen LogP contribution is 2.09. The Morgan fingerprint density at radius 2 is 2.47 bits per heavy atom. The number of carbonyl (C=O) groups excluding carboxylic acids is 1. The van der Waals surface area contributed by atoms with Crippen LogP contribution in [0.1, 0.15) is 17.4 Å². The molecule has 2 rings (SSSR count). The molecule has 0 N–H and O–H groups in total. The van der Waals surface area contributed by atoms with Crippen molar-refractivity contribution < 1.29 is 9.53 Å². The highest BCUT2D eigenvalue weighted by molar-refractivity contribution is 5.92. The first-order valence-electron chi connectivity index (χ1n) is 5.05. The third-order valence-corrected chi connectivity index (χ3v) is 2.56. The molecular formula is C10H15N3O2. The van der Waals surface area contributed by atoms with E-state index in [1.54, 1.807) is 17.1 Å². The lowest BCUT2D eigenvalue weighted by atomic mass is 10.2. The molecule has 0 spiro atoms. The molecule has 5 heteroatoms. The summed E-state index contributed by atoms with van der Waals surface area (Å²) in [6.07, 6.45) is 3.36. The molecule has 15 heavy (non-hydrogen) atoms. The average molecular weight is 209 g/mol. The van der Waals surface area contributed by atoms with E-state index in [0.29, 0.717) is 25.4 Å². The summed E-state index contributed by atoms with van der Waals surface area (Å²) in [7, 11) is 1.82. The molecule has 1 unspecified atom stereocenters. The first-order chi connectivity index (χ1) is 7.18. The Labute approximate surface area is 88.7 Å². The third-order valence-electron chi connectivity index (χ3n) is 2.56. The maximum absolute atomic E-state index is 12.0. The predicted octanol–water partition coefficient (Wildman–Crippen LogP) is 0.281. The van der Waals surface area contributed by atoms with Crippen molar-refractivity contribution in [2.24, 2.45) is 7.05 Å². The quantitative estimate of drug-likeness (QED) is 0.667. The number of ether oxygens (including phenoxy) is 1. The van der Waals surface area contributed by atoms with Crippen LogP contribution in [0.4, 0.5) is 0 Å². The molecule has 2 heterocycles. The largest absolute Gasteiger partial charge is 0.375 e. The summed E-state index contributed by atoms with van der Waals surface area (Å²) < 4.78 is 7.13. The molecule has 1 saturated heterocycles. The molecule has 0 saturated carbocycles. The van der Waals surface area contributed by atoms with Gasteiger partial charge in [-0.2, -0.15) is 0 Å². The van der Waals surface area contributed by atoms with Gasteiger partial charge in [-0.15, -0.1) is 0 Å². The lowest BCUT2D eigenvalue weighted by Crippen LogP contribution is -2.45. The zero-order chi connectivity index (χ0) is 10.8. The molecular weight excluding hydrogens is 194 g/mol. The van der Waals surface area contributed by atoms with Crippen LogP contribution >= 0.6 is 0 Å². The van der Waals surface area contributed by atoms with Crippen molar-refractivity contribution in [3.8, 4) is 0 Å². The molecule has 1 amide bonds. The monoisotopic (exact) mass is 209 g/mol. The minimum absolute atomic E-state index is 0.0325. The molecule has 1 aromatic heterocycles. The molecule has 82 valence electrons. The number of nitrogens with zero attached hydrogens (tertiary/aromatic N) is 3. The lowest BCUT2D eigenvalue weighted by molar-refractivity contribution is -0.0127. The number of hydrogen-bond acceptors (Lipinski definition) is 3. The van der Waals surface area contributed by atoms with Crippen LogP contribution in [0.15, 0.2) is 12.5 Å². The molecule has 0 aliphatic carbocycles. The zero-order valence-corrected chi connectivity index (χ0v) is 9.01. The van der Waals surface area contributed by atoms with Crippen LogP contribution in [0.25, 0.3) is 0 Å². The number of morpholine rings is 1. The van der Waals surface area contributed by atoms with E-state index in [9.17, 15) is 4.79 Å². The highest BCUT2D eigenvalue weighted by Gasteiger charge is 2.23. The SMILES string of the molecule is CC1CN(C(=O)c2cncn2C)CCO1. The first kappa shape index (κ1) is 10.2. The minimum atomic E-state index is 0.0325. The summed E-state index contributed by atoms with van der Waals surface area (Å²) in [5, 5.41) is 0. The van der Waals surface area contributed by atoms with Gasteiger partial charge >= 0.3 is 0 Å². The van der Waals surface area contributed by atoms with E-state index in [1.807, 2.05) is 18.9 Å². The molecule has 1 aromatic rings. The van der Waals surface area contributed by atoms with Gasteiger partial charge in [0, 0.05) is 20.1 Å². The van der Waals surface area contributed by atoms with E-state index in [-0.39, 0.29) is 12.0 Å². The van der Waals surface area contributed by atoms with Crippen molar-refractivity contribution in [1.82, 2.24) is 14.5 Å². The average Bonchev–Trinajstić information content (AvgIpc) is 2.63. The van der Waals surface area contributed by atoms with E-state index in [4.69, 9.17) is 4.74 Å². The van der Waals surface area contributed by atoms with Gasteiger partial charge in [0.1, 0.15) is 5.69 Å². The van der Waals surface area contributed by atoms with Gasteiger partial charge in [0.05, 0.1) is 25.2 Å². The number of aromatic nitrogens is 2. The third kappa shape index (κ3) is 2.02. The molecule has 1 aliphatic rings. The number of hydrogen-bond donors (Lipinski definition) is 0. The smallest absolute Gasteiger partial charge is 0.272 e. The van der Waals surface area contributed by atoms with Crippen molar-refractivity contribution in [2.45, 2.75) is 13.0 Å². The van der Waals surface area contributed by atoms with Crippen LogP contribution in [0.5, 0.6) is 0 Å². The molecule has 1 atom stereocenters. The van der Waals surface area contributed by atoms with Crippen LogP contribution in [-0.4, -0.2) is 46.2 Å². The fourth-order valence-corrected chi connectivity index (χ4v) is 1.73. The van der Waals surface area contributed by atoms with E-state index in [2.05, 4.69) is 4.98 Å². The Morgan fingerprint density at radius 3 is 3.07 bits per heavy atom. The normalized spacial score (nSPS) is 21.7. The van der Waals surface area contributed by atoms with Crippen molar-refractivity contribution in [3.05, 3.63) is 18.2 Å².